The van der Waals surface area contributed by atoms with E-state index < -0.39 is 5.97 Å². The van der Waals surface area contributed by atoms with E-state index in [1.54, 1.807) is 18.2 Å². The number of benzene rings is 1. The summed E-state index contributed by atoms with van der Waals surface area (Å²) in [6.07, 6.45) is 1.40. The molecule has 1 aromatic heterocycles. The number of nitrogen functional groups attached to an aromatic ring is 1. The Morgan fingerprint density at radius 1 is 1.47 bits per heavy atom. The number of hydrogen-bond acceptors (Lipinski definition) is 4. The van der Waals surface area contributed by atoms with Crippen molar-refractivity contribution in [3.63, 3.8) is 0 Å². The van der Waals surface area contributed by atoms with Crippen LogP contribution in [-0.2, 0) is 0 Å². The fourth-order valence-corrected chi connectivity index (χ4v) is 1.79. The summed E-state index contributed by atoms with van der Waals surface area (Å²) in [5, 5.41) is 12.7. The van der Waals surface area contributed by atoms with Crippen molar-refractivity contribution in [3.8, 4) is 0 Å². The molecular weight excluding hydrogens is 266 g/mol. The summed E-state index contributed by atoms with van der Waals surface area (Å²) in [7, 11) is 0. The number of nitrogens with zero attached hydrogens (tertiary/aromatic N) is 1. The van der Waals surface area contributed by atoms with Gasteiger partial charge in [-0.15, -0.1) is 0 Å². The van der Waals surface area contributed by atoms with Gasteiger partial charge in [-0.25, -0.2) is 9.78 Å². The van der Waals surface area contributed by atoms with Crippen LogP contribution in [0, 0.1) is 6.92 Å². The Morgan fingerprint density at radius 2 is 2.21 bits per heavy atom. The smallest absolute Gasteiger partial charge is 0.339 e. The Morgan fingerprint density at radius 3 is 2.89 bits per heavy atom. The third kappa shape index (κ3) is 2.77. The lowest BCUT2D eigenvalue weighted by Crippen LogP contribution is -2.06. The van der Waals surface area contributed by atoms with Gasteiger partial charge in [-0.3, -0.25) is 0 Å². The highest BCUT2D eigenvalue weighted by atomic mass is 35.5. The van der Waals surface area contributed by atoms with Crippen molar-refractivity contribution < 1.29 is 9.90 Å². The molecule has 0 aliphatic carbocycles. The first-order valence-electron chi connectivity index (χ1n) is 5.50. The molecule has 5 nitrogen and oxygen atoms in total. The number of carboxylic acids is 1. The standard InChI is InChI=1S/C13H12ClN3O2/c1-7-10(14)3-2-4-11(7)17-12-9(13(18)19)5-8(15)6-16-12/h2-6H,15H2,1H3,(H,16,17)(H,18,19). The second-order valence-corrected chi connectivity index (χ2v) is 4.41. The topological polar surface area (TPSA) is 88.2 Å². The van der Waals surface area contributed by atoms with Gasteiger partial charge in [0.2, 0.25) is 0 Å². The molecule has 0 radical (unpaired) electrons. The van der Waals surface area contributed by atoms with Gasteiger partial charge in [-0.2, -0.15) is 0 Å². The van der Waals surface area contributed by atoms with Crippen LogP contribution in [-0.4, -0.2) is 16.1 Å². The number of anilines is 3. The number of carboxylic acid groups (broad SMARTS) is 1. The minimum absolute atomic E-state index is 0.0133. The molecule has 0 bridgehead atoms. The molecule has 0 aliphatic rings. The van der Waals surface area contributed by atoms with Crippen molar-refractivity contribution in [1.82, 2.24) is 4.98 Å². The SMILES string of the molecule is Cc1c(Cl)cccc1Nc1ncc(N)cc1C(=O)O. The molecule has 19 heavy (non-hydrogen) atoms. The van der Waals surface area contributed by atoms with E-state index in [2.05, 4.69) is 10.3 Å². The van der Waals surface area contributed by atoms with Gasteiger partial charge >= 0.3 is 5.97 Å². The van der Waals surface area contributed by atoms with Crippen LogP contribution < -0.4 is 11.1 Å². The van der Waals surface area contributed by atoms with E-state index >= 15 is 0 Å². The third-order valence-corrected chi connectivity index (χ3v) is 3.07. The van der Waals surface area contributed by atoms with Crippen LogP contribution in [0.3, 0.4) is 0 Å². The van der Waals surface area contributed by atoms with Gasteiger partial charge in [0.25, 0.3) is 0 Å². The van der Waals surface area contributed by atoms with Gasteiger partial charge in [0.1, 0.15) is 11.4 Å². The summed E-state index contributed by atoms with van der Waals surface area (Å²) in [4.78, 5) is 15.2. The van der Waals surface area contributed by atoms with Crippen LogP contribution >= 0.6 is 11.6 Å². The highest BCUT2D eigenvalue weighted by Gasteiger charge is 2.13. The number of aromatic carboxylic acids is 1. The van der Waals surface area contributed by atoms with E-state index in [9.17, 15) is 4.79 Å². The van der Waals surface area contributed by atoms with Gasteiger partial charge < -0.3 is 16.2 Å². The van der Waals surface area contributed by atoms with Gasteiger partial charge in [-0.1, -0.05) is 17.7 Å². The molecule has 0 fully saturated rings. The zero-order chi connectivity index (χ0) is 14.0. The summed E-state index contributed by atoms with van der Waals surface area (Å²) in [5.41, 5.74) is 7.37. The molecule has 1 aromatic carbocycles. The van der Waals surface area contributed by atoms with Crippen molar-refractivity contribution in [2.24, 2.45) is 0 Å². The fourth-order valence-electron chi connectivity index (χ4n) is 1.61. The molecule has 2 aromatic rings. The van der Waals surface area contributed by atoms with Gasteiger partial charge in [0.05, 0.1) is 11.9 Å². The highest BCUT2D eigenvalue weighted by Crippen LogP contribution is 2.27. The van der Waals surface area contributed by atoms with Gasteiger partial charge in [0, 0.05) is 10.7 Å². The maximum atomic E-state index is 11.2. The summed E-state index contributed by atoms with van der Waals surface area (Å²) in [5.74, 6) is -0.867. The Bertz CT molecular complexity index is 644. The molecule has 0 saturated heterocycles. The van der Waals surface area contributed by atoms with E-state index in [4.69, 9.17) is 22.4 Å². The first-order chi connectivity index (χ1) is 8.99. The zero-order valence-electron chi connectivity index (χ0n) is 10.1. The Labute approximate surface area is 115 Å². The number of hydrogen-bond donors (Lipinski definition) is 3. The molecule has 4 N–H and O–H groups in total. The lowest BCUT2D eigenvalue weighted by molar-refractivity contribution is 0.0697. The normalized spacial score (nSPS) is 10.2. The summed E-state index contributed by atoms with van der Waals surface area (Å²) < 4.78 is 0. The molecule has 2 rings (SSSR count). The van der Waals surface area contributed by atoms with Crippen molar-refractivity contribution in [2.45, 2.75) is 6.92 Å². The molecule has 98 valence electrons. The molecule has 0 unspecified atom stereocenters. The van der Waals surface area contributed by atoms with Crippen LogP contribution in [0.25, 0.3) is 0 Å². The molecule has 1 heterocycles. The Balaban J connectivity index is 2.44. The second-order valence-electron chi connectivity index (χ2n) is 4.01. The van der Waals surface area contributed by atoms with Crippen molar-refractivity contribution in [1.29, 1.82) is 0 Å². The predicted octanol–water partition coefficient (Wildman–Crippen LogP) is 3.07. The molecule has 0 saturated carbocycles. The Kier molecular flexibility index (Phi) is 3.57. The number of halogens is 1. The van der Waals surface area contributed by atoms with E-state index in [1.807, 2.05) is 6.92 Å². The summed E-state index contributed by atoms with van der Waals surface area (Å²) in [6, 6.07) is 6.69. The minimum Gasteiger partial charge on any atom is -0.478 e. The van der Waals surface area contributed by atoms with Crippen molar-refractivity contribution >= 4 is 34.8 Å². The largest absolute Gasteiger partial charge is 0.478 e. The van der Waals surface area contributed by atoms with Crippen LogP contribution in [0.2, 0.25) is 5.02 Å². The number of pyridine rings is 1. The lowest BCUT2D eigenvalue weighted by Gasteiger charge is -2.12. The third-order valence-electron chi connectivity index (χ3n) is 2.66. The van der Waals surface area contributed by atoms with Crippen LogP contribution in [0.1, 0.15) is 15.9 Å². The second kappa shape index (κ2) is 5.16. The molecular formula is C13H12ClN3O2. The molecule has 0 spiro atoms. The van der Waals surface area contributed by atoms with Crippen LogP contribution in [0.15, 0.2) is 30.5 Å². The van der Waals surface area contributed by atoms with Crippen LogP contribution in [0.5, 0.6) is 0 Å². The number of carbonyl (C=O) groups is 1. The lowest BCUT2D eigenvalue weighted by atomic mass is 10.2. The van der Waals surface area contributed by atoms with Crippen molar-refractivity contribution in [2.75, 3.05) is 11.1 Å². The summed E-state index contributed by atoms with van der Waals surface area (Å²) in [6.45, 7) is 1.84. The van der Waals surface area contributed by atoms with E-state index in [-0.39, 0.29) is 11.4 Å². The number of aromatic nitrogens is 1. The number of rotatable bonds is 3. The van der Waals surface area contributed by atoms with E-state index in [0.29, 0.717) is 16.4 Å². The Hall–Kier alpha value is -2.27. The molecule has 6 heteroatoms. The first-order valence-corrected chi connectivity index (χ1v) is 5.88. The predicted molar refractivity (Wildman–Crippen MR) is 75.1 cm³/mol. The van der Waals surface area contributed by atoms with E-state index in [0.717, 1.165) is 5.56 Å². The molecule has 0 atom stereocenters. The zero-order valence-corrected chi connectivity index (χ0v) is 10.9. The first kappa shape index (κ1) is 13.2. The van der Waals surface area contributed by atoms with Crippen molar-refractivity contribution in [3.05, 3.63) is 46.6 Å². The number of nitrogens with two attached hydrogens (primary N) is 1. The molecule has 0 amide bonds. The maximum absolute atomic E-state index is 11.2. The summed E-state index contributed by atoms with van der Waals surface area (Å²) >= 11 is 6.01. The monoisotopic (exact) mass is 277 g/mol. The average Bonchev–Trinajstić information content (AvgIpc) is 2.36. The number of nitrogens with one attached hydrogen (secondary N) is 1. The minimum atomic E-state index is -1.10. The van der Waals surface area contributed by atoms with Gasteiger partial charge in [-0.05, 0) is 30.7 Å². The van der Waals surface area contributed by atoms with Crippen LogP contribution in [0.4, 0.5) is 17.2 Å². The average molecular weight is 278 g/mol. The maximum Gasteiger partial charge on any atom is 0.339 e. The van der Waals surface area contributed by atoms with E-state index in [1.165, 1.54) is 12.3 Å². The highest BCUT2D eigenvalue weighted by molar-refractivity contribution is 6.31. The quantitative estimate of drug-likeness (QED) is 0.802. The van der Waals surface area contributed by atoms with Gasteiger partial charge in [0.15, 0.2) is 0 Å². The fraction of sp³-hybridized carbons (Fsp3) is 0.0769. The molecule has 0 aliphatic heterocycles.